The maximum absolute atomic E-state index is 13.1. The van der Waals surface area contributed by atoms with Gasteiger partial charge in [0.15, 0.2) is 0 Å². The third kappa shape index (κ3) is 5.24. The minimum Gasteiger partial charge on any atom is -0.496 e. The van der Waals surface area contributed by atoms with Gasteiger partial charge >= 0.3 is 0 Å². The number of carbonyl (C=O) groups is 2. The summed E-state index contributed by atoms with van der Waals surface area (Å²) in [5.74, 6) is -1.87. The number of nitrogens with zero attached hydrogens (tertiary/aromatic N) is 1. The zero-order chi connectivity index (χ0) is 21.9. The second-order valence-electron chi connectivity index (χ2n) is 6.89. The smallest absolute Gasteiger partial charge is 0.241 e. The van der Waals surface area contributed by atoms with E-state index >= 15 is 0 Å². The zero-order valence-electron chi connectivity index (χ0n) is 16.1. The lowest BCUT2D eigenvalue weighted by molar-refractivity contribution is -0.131. The van der Waals surface area contributed by atoms with E-state index in [0.29, 0.717) is 31.2 Å². The SMILES string of the molecule is COc1ccc(Cl)cc1CC1CNC(=O)CN(S(=O)(=O)Cc2ccc(Cl)cc2)C1=O. The number of rotatable bonds is 6. The van der Waals surface area contributed by atoms with Crippen LogP contribution in [0.15, 0.2) is 42.5 Å². The predicted molar refractivity (Wildman–Crippen MR) is 114 cm³/mol. The van der Waals surface area contributed by atoms with Crippen LogP contribution in [0.4, 0.5) is 0 Å². The van der Waals surface area contributed by atoms with Gasteiger partial charge in [-0.2, -0.15) is 0 Å². The maximum Gasteiger partial charge on any atom is 0.241 e. The van der Waals surface area contributed by atoms with E-state index in [1.807, 2.05) is 0 Å². The summed E-state index contributed by atoms with van der Waals surface area (Å²) in [6.07, 6.45) is 0.163. The summed E-state index contributed by atoms with van der Waals surface area (Å²) >= 11 is 11.9. The van der Waals surface area contributed by atoms with E-state index in [-0.39, 0.29) is 13.0 Å². The van der Waals surface area contributed by atoms with E-state index < -0.39 is 40.1 Å². The van der Waals surface area contributed by atoms with E-state index in [0.717, 1.165) is 0 Å². The molecule has 10 heteroatoms. The van der Waals surface area contributed by atoms with Gasteiger partial charge in [-0.05, 0) is 47.9 Å². The molecule has 1 aliphatic heterocycles. The van der Waals surface area contributed by atoms with Gasteiger partial charge in [0, 0.05) is 16.6 Å². The largest absolute Gasteiger partial charge is 0.496 e. The Morgan fingerprint density at radius 2 is 1.77 bits per heavy atom. The van der Waals surface area contributed by atoms with Crippen LogP contribution in [-0.4, -0.2) is 44.7 Å². The molecule has 160 valence electrons. The van der Waals surface area contributed by atoms with Crippen LogP contribution in [0.25, 0.3) is 0 Å². The first-order chi connectivity index (χ1) is 14.2. The van der Waals surface area contributed by atoms with Gasteiger partial charge in [0.2, 0.25) is 21.8 Å². The number of halogens is 2. The van der Waals surface area contributed by atoms with Crippen LogP contribution in [0.5, 0.6) is 5.75 Å². The molecular formula is C20H20Cl2N2O5S. The molecule has 0 bridgehead atoms. The van der Waals surface area contributed by atoms with E-state index in [9.17, 15) is 18.0 Å². The molecule has 2 amide bonds. The van der Waals surface area contributed by atoms with Crippen molar-refractivity contribution in [2.75, 3.05) is 20.2 Å². The summed E-state index contributed by atoms with van der Waals surface area (Å²) in [5.41, 5.74) is 1.11. The fourth-order valence-electron chi connectivity index (χ4n) is 3.23. The summed E-state index contributed by atoms with van der Waals surface area (Å²) in [5, 5.41) is 3.54. The average molecular weight is 471 g/mol. The van der Waals surface area contributed by atoms with Crippen LogP contribution in [0.3, 0.4) is 0 Å². The molecule has 0 aliphatic carbocycles. The van der Waals surface area contributed by atoms with Crippen molar-refractivity contribution in [1.29, 1.82) is 0 Å². The summed E-state index contributed by atoms with van der Waals surface area (Å²) in [7, 11) is -2.59. The zero-order valence-corrected chi connectivity index (χ0v) is 18.4. The van der Waals surface area contributed by atoms with Crippen molar-refractivity contribution in [3.63, 3.8) is 0 Å². The molecule has 1 N–H and O–H groups in total. The number of nitrogens with one attached hydrogen (secondary N) is 1. The Kier molecular flexibility index (Phi) is 6.90. The summed E-state index contributed by atoms with van der Waals surface area (Å²) in [6.45, 7) is -0.543. The lowest BCUT2D eigenvalue weighted by Crippen LogP contribution is -2.43. The first-order valence-corrected chi connectivity index (χ1v) is 11.4. The van der Waals surface area contributed by atoms with Gasteiger partial charge in [0.05, 0.1) is 18.8 Å². The lowest BCUT2D eigenvalue weighted by atomic mass is 9.98. The monoisotopic (exact) mass is 470 g/mol. The highest BCUT2D eigenvalue weighted by atomic mass is 35.5. The van der Waals surface area contributed by atoms with Crippen LogP contribution in [0.1, 0.15) is 11.1 Å². The molecular weight excluding hydrogens is 451 g/mol. The summed E-state index contributed by atoms with van der Waals surface area (Å²) in [4.78, 5) is 25.3. The Labute approximate surface area is 185 Å². The molecule has 7 nitrogen and oxygen atoms in total. The average Bonchev–Trinajstić information content (AvgIpc) is 2.84. The molecule has 0 aromatic heterocycles. The molecule has 2 aromatic carbocycles. The normalized spacial score (nSPS) is 17.4. The minimum absolute atomic E-state index is 0.0142. The number of methoxy groups -OCH3 is 1. The van der Waals surface area contributed by atoms with Gasteiger partial charge in [0.25, 0.3) is 0 Å². The predicted octanol–water partition coefficient (Wildman–Crippen LogP) is 2.65. The number of benzene rings is 2. The van der Waals surface area contributed by atoms with Crippen molar-refractivity contribution in [3.05, 3.63) is 63.6 Å². The minimum atomic E-state index is -4.08. The summed E-state index contributed by atoms with van der Waals surface area (Å²) in [6, 6.07) is 11.3. The molecule has 1 unspecified atom stereocenters. The molecule has 1 atom stereocenters. The lowest BCUT2D eigenvalue weighted by Gasteiger charge is -2.23. The second-order valence-corrected chi connectivity index (χ2v) is 9.66. The fraction of sp³-hybridized carbons (Fsp3) is 0.300. The molecule has 0 saturated carbocycles. The number of carbonyl (C=O) groups excluding carboxylic acids is 2. The van der Waals surface area contributed by atoms with Crippen LogP contribution < -0.4 is 10.1 Å². The molecule has 30 heavy (non-hydrogen) atoms. The van der Waals surface area contributed by atoms with Crippen molar-refractivity contribution in [1.82, 2.24) is 9.62 Å². The first kappa shape index (κ1) is 22.4. The Morgan fingerprint density at radius 3 is 2.43 bits per heavy atom. The Bertz CT molecular complexity index is 1060. The summed E-state index contributed by atoms with van der Waals surface area (Å²) < 4.78 is 31.9. The van der Waals surface area contributed by atoms with Gasteiger partial charge in [0.1, 0.15) is 12.3 Å². The van der Waals surface area contributed by atoms with Gasteiger partial charge in [-0.1, -0.05) is 35.3 Å². The standard InChI is InChI=1S/C20H20Cl2N2O5S/c1-29-18-7-6-17(22)9-14(18)8-15-10-23-19(25)11-24(20(15)26)30(27,28)12-13-2-4-16(21)5-3-13/h2-7,9,15H,8,10-12H2,1H3,(H,23,25). The van der Waals surface area contributed by atoms with Crippen molar-refractivity contribution in [2.24, 2.45) is 5.92 Å². The molecule has 2 aromatic rings. The quantitative estimate of drug-likeness (QED) is 0.700. The van der Waals surface area contributed by atoms with Crippen molar-refractivity contribution < 1.29 is 22.7 Å². The highest BCUT2D eigenvalue weighted by Gasteiger charge is 2.37. The van der Waals surface area contributed by atoms with E-state index in [1.54, 1.807) is 42.5 Å². The van der Waals surface area contributed by atoms with Gasteiger partial charge in [-0.15, -0.1) is 0 Å². The number of ether oxygens (including phenoxy) is 1. The van der Waals surface area contributed by atoms with E-state index in [4.69, 9.17) is 27.9 Å². The van der Waals surface area contributed by atoms with E-state index in [1.165, 1.54) is 7.11 Å². The van der Waals surface area contributed by atoms with Gasteiger partial charge in [-0.3, -0.25) is 9.59 Å². The Balaban J connectivity index is 1.87. The molecule has 1 aliphatic rings. The van der Waals surface area contributed by atoms with Gasteiger partial charge < -0.3 is 10.1 Å². The van der Waals surface area contributed by atoms with Crippen molar-refractivity contribution >= 4 is 45.0 Å². The van der Waals surface area contributed by atoms with Crippen LogP contribution in [-0.2, 0) is 31.8 Å². The number of sulfonamides is 1. The third-order valence-corrected chi connectivity index (χ3v) is 6.90. The molecule has 0 radical (unpaired) electrons. The third-order valence-electron chi connectivity index (χ3n) is 4.73. The van der Waals surface area contributed by atoms with Crippen LogP contribution >= 0.6 is 23.2 Å². The first-order valence-electron chi connectivity index (χ1n) is 9.07. The molecule has 1 heterocycles. The second kappa shape index (κ2) is 9.24. The number of hydrogen-bond acceptors (Lipinski definition) is 5. The molecule has 1 fully saturated rings. The number of hydrogen-bond donors (Lipinski definition) is 1. The number of amides is 2. The molecule has 1 saturated heterocycles. The molecule has 3 rings (SSSR count). The van der Waals surface area contributed by atoms with Crippen LogP contribution in [0, 0.1) is 5.92 Å². The van der Waals surface area contributed by atoms with Crippen molar-refractivity contribution in [2.45, 2.75) is 12.2 Å². The van der Waals surface area contributed by atoms with E-state index in [2.05, 4.69) is 5.32 Å². The highest BCUT2D eigenvalue weighted by molar-refractivity contribution is 7.88. The maximum atomic E-state index is 13.1. The van der Waals surface area contributed by atoms with Crippen molar-refractivity contribution in [3.8, 4) is 5.75 Å². The fourth-order valence-corrected chi connectivity index (χ4v) is 5.06. The Morgan fingerprint density at radius 1 is 1.10 bits per heavy atom. The highest BCUT2D eigenvalue weighted by Crippen LogP contribution is 2.27. The Hall–Kier alpha value is -2.29. The topological polar surface area (TPSA) is 92.8 Å². The van der Waals surface area contributed by atoms with Gasteiger partial charge in [-0.25, -0.2) is 12.7 Å². The van der Waals surface area contributed by atoms with Crippen LogP contribution in [0.2, 0.25) is 10.0 Å². The molecule has 0 spiro atoms.